The average Bonchev–Trinajstić information content (AvgIpc) is 2.59. The van der Waals surface area contributed by atoms with E-state index in [1.807, 2.05) is 0 Å². The fourth-order valence-electron chi connectivity index (χ4n) is 2.48. The van der Waals surface area contributed by atoms with Crippen molar-refractivity contribution in [3.05, 3.63) is 29.3 Å². The van der Waals surface area contributed by atoms with Crippen LogP contribution in [-0.2, 0) is 9.59 Å². The summed E-state index contributed by atoms with van der Waals surface area (Å²) in [6, 6.07) is 6.85. The first kappa shape index (κ1) is 18.5. The van der Waals surface area contributed by atoms with Gasteiger partial charge in [0.05, 0.1) is 5.02 Å². The number of ether oxygens (including phenoxy) is 1. The van der Waals surface area contributed by atoms with Gasteiger partial charge in [0.25, 0.3) is 5.91 Å². The number of nitrogens with one attached hydrogen (secondary N) is 3. The number of amides is 2. The van der Waals surface area contributed by atoms with Crippen LogP contribution in [0.25, 0.3) is 0 Å². The molecule has 3 N–H and O–H groups in total. The highest BCUT2D eigenvalue weighted by molar-refractivity contribution is 7.80. The Morgan fingerprint density at radius 3 is 2.58 bits per heavy atom. The van der Waals surface area contributed by atoms with Crippen LogP contribution in [0.1, 0.15) is 32.1 Å². The summed E-state index contributed by atoms with van der Waals surface area (Å²) in [4.78, 5) is 23.7. The molecule has 6 nitrogen and oxygen atoms in total. The van der Waals surface area contributed by atoms with E-state index in [0.717, 1.165) is 25.7 Å². The van der Waals surface area contributed by atoms with Crippen molar-refractivity contribution in [2.45, 2.75) is 32.1 Å². The first-order valence-electron chi connectivity index (χ1n) is 7.83. The van der Waals surface area contributed by atoms with Gasteiger partial charge in [-0.2, -0.15) is 0 Å². The fourth-order valence-corrected chi connectivity index (χ4v) is 2.84. The quantitative estimate of drug-likeness (QED) is 0.560. The number of rotatable bonds is 4. The van der Waals surface area contributed by atoms with Gasteiger partial charge in [-0.05, 0) is 37.2 Å². The molecule has 0 spiro atoms. The summed E-state index contributed by atoms with van der Waals surface area (Å²) in [7, 11) is 0. The summed E-state index contributed by atoms with van der Waals surface area (Å²) >= 11 is 10.9. The van der Waals surface area contributed by atoms with Crippen LogP contribution in [0.3, 0.4) is 0 Å². The van der Waals surface area contributed by atoms with E-state index in [1.165, 1.54) is 6.42 Å². The van der Waals surface area contributed by atoms with Gasteiger partial charge in [-0.15, -0.1) is 0 Å². The number of thiocarbonyl (C=S) groups is 1. The Kier molecular flexibility index (Phi) is 7.27. The molecule has 0 radical (unpaired) electrons. The third-order valence-corrected chi connectivity index (χ3v) is 4.24. The smallest absolute Gasteiger partial charge is 0.264 e. The maximum absolute atomic E-state index is 12.0. The number of hydrogen-bond donors (Lipinski definition) is 3. The van der Waals surface area contributed by atoms with Crippen molar-refractivity contribution in [1.82, 2.24) is 16.2 Å². The summed E-state index contributed by atoms with van der Waals surface area (Å²) < 4.78 is 5.30. The topological polar surface area (TPSA) is 79.5 Å². The Labute approximate surface area is 151 Å². The Balaban J connectivity index is 1.67. The van der Waals surface area contributed by atoms with Gasteiger partial charge in [0.1, 0.15) is 5.75 Å². The molecule has 0 bridgehead atoms. The van der Waals surface area contributed by atoms with E-state index in [9.17, 15) is 9.59 Å². The number of halogens is 1. The molecule has 0 aromatic heterocycles. The molecule has 24 heavy (non-hydrogen) atoms. The molecule has 0 unspecified atom stereocenters. The van der Waals surface area contributed by atoms with Gasteiger partial charge in [0, 0.05) is 5.92 Å². The number of benzene rings is 1. The highest BCUT2D eigenvalue weighted by Gasteiger charge is 2.21. The molecule has 0 atom stereocenters. The number of carbonyl (C=O) groups excluding carboxylic acids is 2. The number of para-hydroxylation sites is 1. The van der Waals surface area contributed by atoms with Gasteiger partial charge in [0.15, 0.2) is 11.7 Å². The Bertz CT molecular complexity index is 606. The molecule has 1 aliphatic carbocycles. The normalized spacial score (nSPS) is 14.5. The van der Waals surface area contributed by atoms with Gasteiger partial charge in [-0.25, -0.2) is 0 Å². The molecule has 0 heterocycles. The number of carbonyl (C=O) groups is 2. The van der Waals surface area contributed by atoms with Crippen LogP contribution in [0.2, 0.25) is 5.02 Å². The van der Waals surface area contributed by atoms with Crippen molar-refractivity contribution < 1.29 is 14.3 Å². The van der Waals surface area contributed by atoms with Gasteiger partial charge < -0.3 is 4.74 Å². The van der Waals surface area contributed by atoms with E-state index in [4.69, 9.17) is 28.6 Å². The fraction of sp³-hybridized carbons (Fsp3) is 0.438. The van der Waals surface area contributed by atoms with Crippen LogP contribution < -0.4 is 20.9 Å². The highest BCUT2D eigenvalue weighted by atomic mass is 35.5. The van der Waals surface area contributed by atoms with E-state index < -0.39 is 5.91 Å². The monoisotopic (exact) mass is 369 g/mol. The second kappa shape index (κ2) is 9.44. The van der Waals surface area contributed by atoms with Crippen LogP contribution in [-0.4, -0.2) is 23.5 Å². The predicted octanol–water partition coefficient (Wildman–Crippen LogP) is 2.32. The Morgan fingerprint density at radius 2 is 1.88 bits per heavy atom. The standard InChI is InChI=1S/C16H20ClN3O3S/c17-12-8-4-5-9-13(12)23-10-14(21)18-16(24)20-19-15(22)11-6-2-1-3-7-11/h4-5,8-9,11H,1-3,6-7,10H2,(H,19,22)(H2,18,20,21,24). The molecule has 1 fully saturated rings. The molecule has 2 amide bonds. The van der Waals surface area contributed by atoms with Crippen molar-refractivity contribution >= 4 is 40.7 Å². The zero-order valence-corrected chi connectivity index (χ0v) is 14.7. The van der Waals surface area contributed by atoms with E-state index >= 15 is 0 Å². The van der Waals surface area contributed by atoms with Gasteiger partial charge >= 0.3 is 0 Å². The second-order valence-electron chi connectivity index (χ2n) is 5.55. The summed E-state index contributed by atoms with van der Waals surface area (Å²) in [6.07, 6.45) is 5.09. The molecular weight excluding hydrogens is 350 g/mol. The lowest BCUT2D eigenvalue weighted by Gasteiger charge is -2.21. The van der Waals surface area contributed by atoms with Crippen LogP contribution in [0.15, 0.2) is 24.3 Å². The van der Waals surface area contributed by atoms with Crippen LogP contribution in [0, 0.1) is 5.92 Å². The van der Waals surface area contributed by atoms with Crippen LogP contribution >= 0.6 is 23.8 Å². The third kappa shape index (κ3) is 5.98. The van der Waals surface area contributed by atoms with Gasteiger partial charge in [-0.3, -0.25) is 25.8 Å². The van der Waals surface area contributed by atoms with E-state index in [0.29, 0.717) is 10.8 Å². The lowest BCUT2D eigenvalue weighted by Crippen LogP contribution is -2.51. The lowest BCUT2D eigenvalue weighted by molar-refractivity contribution is -0.126. The molecule has 0 saturated heterocycles. The Morgan fingerprint density at radius 1 is 1.17 bits per heavy atom. The van der Waals surface area contributed by atoms with Crippen molar-refractivity contribution in [3.8, 4) is 5.75 Å². The largest absolute Gasteiger partial charge is 0.482 e. The van der Waals surface area contributed by atoms with Crippen LogP contribution in [0.5, 0.6) is 5.75 Å². The maximum Gasteiger partial charge on any atom is 0.264 e. The molecule has 1 aliphatic rings. The van der Waals surface area contributed by atoms with Crippen LogP contribution in [0.4, 0.5) is 0 Å². The first-order chi connectivity index (χ1) is 11.6. The number of hydrazine groups is 1. The van der Waals surface area contributed by atoms with E-state index in [1.54, 1.807) is 24.3 Å². The van der Waals surface area contributed by atoms with Gasteiger partial charge in [0.2, 0.25) is 5.91 Å². The molecule has 8 heteroatoms. The summed E-state index contributed by atoms with van der Waals surface area (Å²) in [5, 5.41) is 2.87. The summed E-state index contributed by atoms with van der Waals surface area (Å²) in [5.41, 5.74) is 5.07. The lowest BCUT2D eigenvalue weighted by atomic mass is 9.89. The highest BCUT2D eigenvalue weighted by Crippen LogP contribution is 2.23. The SMILES string of the molecule is O=C(COc1ccccc1Cl)NC(=S)NNC(=O)C1CCCCC1. The average molecular weight is 370 g/mol. The van der Waals surface area contributed by atoms with Crippen molar-refractivity contribution in [3.63, 3.8) is 0 Å². The van der Waals surface area contributed by atoms with Crippen molar-refractivity contribution in [2.24, 2.45) is 5.92 Å². The Hall–Kier alpha value is -1.86. The van der Waals surface area contributed by atoms with E-state index in [-0.39, 0.29) is 23.5 Å². The summed E-state index contributed by atoms with van der Waals surface area (Å²) in [6.45, 7) is -0.234. The minimum absolute atomic E-state index is 0.00769. The zero-order valence-electron chi connectivity index (χ0n) is 13.1. The molecular formula is C16H20ClN3O3S. The molecule has 1 saturated carbocycles. The number of hydrogen-bond acceptors (Lipinski definition) is 4. The third-order valence-electron chi connectivity index (χ3n) is 3.72. The minimum atomic E-state index is -0.445. The molecule has 1 aromatic rings. The molecule has 1 aromatic carbocycles. The van der Waals surface area contributed by atoms with Gasteiger partial charge in [-0.1, -0.05) is 43.0 Å². The molecule has 130 valence electrons. The molecule has 0 aliphatic heterocycles. The first-order valence-corrected chi connectivity index (χ1v) is 8.62. The van der Waals surface area contributed by atoms with E-state index in [2.05, 4.69) is 16.2 Å². The zero-order chi connectivity index (χ0) is 17.4. The second-order valence-corrected chi connectivity index (χ2v) is 6.36. The maximum atomic E-state index is 12.0. The molecule has 2 rings (SSSR count). The summed E-state index contributed by atoms with van der Waals surface area (Å²) in [5.74, 6) is -0.120. The predicted molar refractivity (Wildman–Crippen MR) is 95.5 cm³/mol. The van der Waals surface area contributed by atoms with Crippen molar-refractivity contribution in [1.29, 1.82) is 0 Å². The van der Waals surface area contributed by atoms with Crippen molar-refractivity contribution in [2.75, 3.05) is 6.61 Å². The minimum Gasteiger partial charge on any atom is -0.482 e.